The highest BCUT2D eigenvalue weighted by atomic mass is 16.3. The summed E-state index contributed by atoms with van der Waals surface area (Å²) < 4.78 is 0. The van der Waals surface area contributed by atoms with Crippen molar-refractivity contribution in [3.8, 4) is 0 Å². The smallest absolute Gasteiger partial charge is 0.248 e. The minimum absolute atomic E-state index is 0.134. The monoisotopic (exact) mass is 217 g/mol. The number of hydrogen-bond acceptors (Lipinski definition) is 4. The van der Waals surface area contributed by atoms with Gasteiger partial charge in [-0.05, 0) is 18.9 Å². The Balaban J connectivity index is 3.62. The van der Waals surface area contributed by atoms with E-state index in [9.17, 15) is 9.59 Å². The summed E-state index contributed by atoms with van der Waals surface area (Å²) in [6.45, 7) is 2.36. The molecule has 0 saturated heterocycles. The standard InChI is InChI=1S/C9H19N3O3/c1-6(4-10)2-3-8(14)12-5-7(13)9(11)15/h6-7,13H,2-5,10H2,1H3,(H2,11,15)(H,12,14). The van der Waals surface area contributed by atoms with Gasteiger partial charge in [-0.2, -0.15) is 0 Å². The summed E-state index contributed by atoms with van der Waals surface area (Å²) in [5, 5.41) is 11.4. The van der Waals surface area contributed by atoms with Gasteiger partial charge in [0.15, 0.2) is 0 Å². The van der Waals surface area contributed by atoms with Crippen LogP contribution < -0.4 is 16.8 Å². The number of carbonyl (C=O) groups is 2. The molecular formula is C9H19N3O3. The average molecular weight is 217 g/mol. The normalized spacial score (nSPS) is 14.3. The molecule has 2 amide bonds. The molecule has 0 aromatic rings. The van der Waals surface area contributed by atoms with Crippen molar-refractivity contribution in [2.24, 2.45) is 17.4 Å². The van der Waals surface area contributed by atoms with Gasteiger partial charge in [-0.3, -0.25) is 9.59 Å². The van der Waals surface area contributed by atoms with E-state index in [2.05, 4.69) is 5.32 Å². The molecule has 0 aliphatic rings. The van der Waals surface area contributed by atoms with Gasteiger partial charge in [0.1, 0.15) is 6.10 Å². The van der Waals surface area contributed by atoms with Crippen molar-refractivity contribution in [2.45, 2.75) is 25.9 Å². The molecule has 6 N–H and O–H groups in total. The molecule has 0 rings (SSSR count). The van der Waals surface area contributed by atoms with Gasteiger partial charge >= 0.3 is 0 Å². The second kappa shape index (κ2) is 7.19. The molecule has 6 nitrogen and oxygen atoms in total. The third-order valence-corrected chi connectivity index (χ3v) is 2.09. The Morgan fingerprint density at radius 1 is 1.47 bits per heavy atom. The maximum Gasteiger partial charge on any atom is 0.248 e. The number of nitrogens with two attached hydrogens (primary N) is 2. The average Bonchev–Trinajstić information content (AvgIpc) is 2.21. The van der Waals surface area contributed by atoms with Gasteiger partial charge < -0.3 is 21.9 Å². The van der Waals surface area contributed by atoms with Crippen LogP contribution in [-0.2, 0) is 9.59 Å². The van der Waals surface area contributed by atoms with E-state index in [1.807, 2.05) is 6.92 Å². The summed E-state index contributed by atoms with van der Waals surface area (Å²) in [4.78, 5) is 21.6. The Kier molecular flexibility index (Phi) is 6.64. The van der Waals surface area contributed by atoms with Crippen LogP contribution in [0.4, 0.5) is 0 Å². The topological polar surface area (TPSA) is 118 Å². The van der Waals surface area contributed by atoms with E-state index in [1.54, 1.807) is 0 Å². The fourth-order valence-corrected chi connectivity index (χ4v) is 0.895. The van der Waals surface area contributed by atoms with Crippen LogP contribution in [0, 0.1) is 5.92 Å². The number of nitrogens with one attached hydrogen (secondary N) is 1. The number of hydrogen-bond donors (Lipinski definition) is 4. The zero-order valence-corrected chi connectivity index (χ0v) is 8.90. The molecule has 0 bridgehead atoms. The highest BCUT2D eigenvalue weighted by Gasteiger charge is 2.12. The van der Waals surface area contributed by atoms with Gasteiger partial charge in [-0.1, -0.05) is 6.92 Å². The molecular weight excluding hydrogens is 198 g/mol. The third-order valence-electron chi connectivity index (χ3n) is 2.09. The van der Waals surface area contributed by atoms with Crippen LogP contribution in [0.5, 0.6) is 0 Å². The minimum atomic E-state index is -1.32. The summed E-state index contributed by atoms with van der Waals surface area (Å²) in [6.07, 6.45) is -0.292. The summed E-state index contributed by atoms with van der Waals surface area (Å²) in [5.74, 6) is -0.766. The largest absolute Gasteiger partial charge is 0.381 e. The van der Waals surface area contributed by atoms with Gasteiger partial charge in [0.25, 0.3) is 0 Å². The number of aliphatic hydroxyl groups is 1. The van der Waals surface area contributed by atoms with E-state index in [0.717, 1.165) is 0 Å². The van der Waals surface area contributed by atoms with Gasteiger partial charge in [0, 0.05) is 6.42 Å². The van der Waals surface area contributed by atoms with Crippen LogP contribution in [0.25, 0.3) is 0 Å². The first kappa shape index (κ1) is 13.9. The molecule has 15 heavy (non-hydrogen) atoms. The number of carbonyl (C=O) groups excluding carboxylic acids is 2. The van der Waals surface area contributed by atoms with Crippen LogP contribution in [-0.4, -0.2) is 36.1 Å². The van der Waals surface area contributed by atoms with Crippen molar-refractivity contribution >= 4 is 11.8 Å². The van der Waals surface area contributed by atoms with Crippen molar-refractivity contribution in [1.82, 2.24) is 5.32 Å². The number of primary amides is 1. The molecule has 0 heterocycles. The molecule has 2 atom stereocenters. The summed E-state index contributed by atoms with van der Waals surface area (Å²) in [7, 11) is 0. The predicted molar refractivity (Wildman–Crippen MR) is 55.7 cm³/mol. The number of amides is 2. The molecule has 0 aromatic carbocycles. The van der Waals surface area contributed by atoms with Gasteiger partial charge in [0.05, 0.1) is 6.54 Å². The van der Waals surface area contributed by atoms with Crippen molar-refractivity contribution in [1.29, 1.82) is 0 Å². The molecule has 0 aliphatic carbocycles. The van der Waals surface area contributed by atoms with E-state index >= 15 is 0 Å². The maximum absolute atomic E-state index is 11.2. The van der Waals surface area contributed by atoms with E-state index < -0.39 is 12.0 Å². The summed E-state index contributed by atoms with van der Waals surface area (Å²) in [6, 6.07) is 0. The SMILES string of the molecule is CC(CN)CCC(=O)NCC(O)C(N)=O. The quantitative estimate of drug-likeness (QED) is 0.407. The minimum Gasteiger partial charge on any atom is -0.381 e. The molecule has 0 spiro atoms. The third kappa shape index (κ3) is 6.87. The lowest BCUT2D eigenvalue weighted by Gasteiger charge is -2.10. The lowest BCUT2D eigenvalue weighted by molar-refractivity contribution is -0.127. The second-order valence-electron chi connectivity index (χ2n) is 3.60. The van der Waals surface area contributed by atoms with E-state index in [4.69, 9.17) is 16.6 Å². The number of rotatable bonds is 7. The van der Waals surface area contributed by atoms with Crippen molar-refractivity contribution in [2.75, 3.05) is 13.1 Å². The molecule has 0 fully saturated rings. The van der Waals surface area contributed by atoms with Crippen LogP contribution in [0.1, 0.15) is 19.8 Å². The van der Waals surface area contributed by atoms with Crippen LogP contribution in [0.3, 0.4) is 0 Å². The highest BCUT2D eigenvalue weighted by Crippen LogP contribution is 2.02. The van der Waals surface area contributed by atoms with Gasteiger partial charge in [-0.15, -0.1) is 0 Å². The van der Waals surface area contributed by atoms with E-state index in [0.29, 0.717) is 19.4 Å². The lowest BCUT2D eigenvalue weighted by Crippen LogP contribution is -2.40. The molecule has 0 saturated carbocycles. The maximum atomic E-state index is 11.2. The number of aliphatic hydroxyl groups excluding tert-OH is 1. The van der Waals surface area contributed by atoms with Crippen molar-refractivity contribution < 1.29 is 14.7 Å². The molecule has 0 radical (unpaired) electrons. The van der Waals surface area contributed by atoms with E-state index in [-0.39, 0.29) is 18.4 Å². The Labute approximate surface area is 89.0 Å². The predicted octanol–water partition coefficient (Wildman–Crippen LogP) is -1.68. The van der Waals surface area contributed by atoms with Gasteiger partial charge in [0.2, 0.25) is 11.8 Å². The molecule has 2 unspecified atom stereocenters. The van der Waals surface area contributed by atoms with Crippen LogP contribution >= 0.6 is 0 Å². The first-order chi connectivity index (χ1) is 6.97. The van der Waals surface area contributed by atoms with Crippen molar-refractivity contribution in [3.63, 3.8) is 0 Å². The van der Waals surface area contributed by atoms with Crippen LogP contribution in [0.2, 0.25) is 0 Å². The first-order valence-corrected chi connectivity index (χ1v) is 4.91. The Morgan fingerprint density at radius 3 is 2.53 bits per heavy atom. The second-order valence-corrected chi connectivity index (χ2v) is 3.60. The zero-order chi connectivity index (χ0) is 11.8. The van der Waals surface area contributed by atoms with E-state index in [1.165, 1.54) is 0 Å². The summed E-state index contributed by atoms with van der Waals surface area (Å²) in [5.41, 5.74) is 10.2. The Bertz CT molecular complexity index is 221. The molecule has 0 aromatic heterocycles. The molecule has 6 heteroatoms. The highest BCUT2D eigenvalue weighted by molar-refractivity contribution is 5.80. The zero-order valence-electron chi connectivity index (χ0n) is 8.90. The Morgan fingerprint density at radius 2 is 2.07 bits per heavy atom. The fourth-order valence-electron chi connectivity index (χ4n) is 0.895. The summed E-state index contributed by atoms with van der Waals surface area (Å²) >= 11 is 0. The fraction of sp³-hybridized carbons (Fsp3) is 0.778. The Hall–Kier alpha value is -1.14. The van der Waals surface area contributed by atoms with Crippen molar-refractivity contribution in [3.05, 3.63) is 0 Å². The lowest BCUT2D eigenvalue weighted by atomic mass is 10.1. The van der Waals surface area contributed by atoms with Gasteiger partial charge in [-0.25, -0.2) is 0 Å². The molecule has 88 valence electrons. The molecule has 0 aliphatic heterocycles. The first-order valence-electron chi connectivity index (χ1n) is 4.91. The van der Waals surface area contributed by atoms with Crippen LogP contribution in [0.15, 0.2) is 0 Å².